The van der Waals surface area contributed by atoms with Gasteiger partial charge >= 0.3 is 0 Å². The average Bonchev–Trinajstić information content (AvgIpc) is 3.89. The summed E-state index contributed by atoms with van der Waals surface area (Å²) in [6, 6.07) is 54.1. The number of aryl methyl sites for hydroxylation is 2. The number of para-hydroxylation sites is 4. The summed E-state index contributed by atoms with van der Waals surface area (Å²) in [7, 11) is 0. The number of aromatic nitrogens is 2. The Morgan fingerprint density at radius 1 is 0.446 bits per heavy atom. The number of ether oxygens (including phenoxy) is 2. The van der Waals surface area contributed by atoms with Crippen molar-refractivity contribution in [2.24, 2.45) is 0 Å². The van der Waals surface area contributed by atoms with Gasteiger partial charge in [-0.05, 0) is 67.2 Å². The van der Waals surface area contributed by atoms with Gasteiger partial charge in [-0.1, -0.05) is 108 Å². The number of fused-ring (bicyclic) bond motifs is 16. The molecular weight excluding hydrogens is 687 g/mol. The van der Waals surface area contributed by atoms with Crippen LogP contribution in [0.2, 0.25) is 0 Å². The maximum atomic E-state index is 7.00. The van der Waals surface area contributed by atoms with Crippen LogP contribution in [0.25, 0.3) is 76.9 Å². The van der Waals surface area contributed by atoms with Crippen molar-refractivity contribution in [3.05, 3.63) is 163 Å². The van der Waals surface area contributed by atoms with E-state index in [0.29, 0.717) is 0 Å². The third-order valence-electron chi connectivity index (χ3n) is 12.1. The van der Waals surface area contributed by atoms with Crippen molar-refractivity contribution < 1.29 is 13.9 Å². The Kier molecular flexibility index (Phi) is 5.79. The lowest BCUT2D eigenvalue weighted by atomic mass is 9.34. The minimum atomic E-state index is -0.00905. The third kappa shape index (κ3) is 3.85. The number of hydrogen-bond donors (Lipinski definition) is 0. The van der Waals surface area contributed by atoms with Crippen LogP contribution >= 0.6 is 0 Å². The molecule has 262 valence electrons. The Hall–Kier alpha value is -7.18. The zero-order chi connectivity index (χ0) is 36.8. The van der Waals surface area contributed by atoms with E-state index in [1.807, 2.05) is 0 Å². The Morgan fingerprint density at radius 2 is 0.964 bits per heavy atom. The van der Waals surface area contributed by atoms with Crippen LogP contribution < -0.4 is 25.9 Å². The minimum absolute atomic E-state index is 0.00905. The predicted octanol–water partition coefficient (Wildman–Crippen LogP) is 11.1. The number of hydrogen-bond acceptors (Lipinski definition) is 3. The normalized spacial score (nSPS) is 13.1. The molecule has 5 nitrogen and oxygen atoms in total. The fourth-order valence-corrected chi connectivity index (χ4v) is 9.85. The van der Waals surface area contributed by atoms with Crippen LogP contribution in [0.3, 0.4) is 0 Å². The average molecular weight is 719 g/mol. The van der Waals surface area contributed by atoms with Crippen LogP contribution in [0.1, 0.15) is 11.1 Å². The summed E-state index contributed by atoms with van der Waals surface area (Å²) in [6.45, 7) is 4.28. The molecule has 0 atom stereocenters. The van der Waals surface area contributed by atoms with Crippen LogP contribution in [-0.4, -0.2) is 15.8 Å². The van der Waals surface area contributed by atoms with Crippen LogP contribution in [0, 0.1) is 13.8 Å². The topological polar surface area (TPSA) is 41.5 Å². The number of benzene rings is 8. The van der Waals surface area contributed by atoms with E-state index in [2.05, 4.69) is 175 Å². The molecule has 0 fully saturated rings. The molecule has 6 heteroatoms. The van der Waals surface area contributed by atoms with Crippen LogP contribution in [-0.2, 0) is 0 Å². The van der Waals surface area contributed by atoms with Crippen molar-refractivity contribution in [1.29, 1.82) is 0 Å². The van der Waals surface area contributed by atoms with E-state index < -0.39 is 0 Å². The SMILES string of the molecule is Cc1ccc2c(c1)B1c3cc(C)ccc3Oc3cc(-n4c5ccccc5c5c6c(c7ccccc7n6-c6ccccc6)c6oc7ccccc7c6c54)cc(c31)O2. The summed E-state index contributed by atoms with van der Waals surface area (Å²) in [4.78, 5) is 0. The highest BCUT2D eigenvalue weighted by Crippen LogP contribution is 2.50. The lowest BCUT2D eigenvalue weighted by molar-refractivity contribution is 0.464. The standard InChI is InChI=1S/C50H31BN2O3/c1-28-20-22-40-35(24-28)51-36-25-29(2)21-23-41(36)55-43-27-31(26-42(54-40)47(43)51)53-37-17-9-6-14-32(37)44-48-45(50-46(49(44)53)34-16-8-11-19-39(34)56-50)33-15-7-10-18-38(33)52(48)30-12-4-3-5-13-30/h3-27H,1-2H3. The molecular formula is C50H31BN2O3. The van der Waals surface area contributed by atoms with Crippen molar-refractivity contribution in [3.8, 4) is 34.4 Å². The Bertz CT molecular complexity index is 3440. The quantitative estimate of drug-likeness (QED) is 0.167. The second kappa shape index (κ2) is 10.7. The first-order chi connectivity index (χ1) is 27.6. The smallest absolute Gasteiger partial charge is 0.260 e. The van der Waals surface area contributed by atoms with Crippen LogP contribution in [0.15, 0.2) is 156 Å². The maximum absolute atomic E-state index is 7.00. The summed E-state index contributed by atoms with van der Waals surface area (Å²) in [6.07, 6.45) is 0. The summed E-state index contributed by atoms with van der Waals surface area (Å²) in [5, 5.41) is 6.76. The van der Waals surface area contributed by atoms with Gasteiger partial charge in [-0.2, -0.15) is 0 Å². The number of furan rings is 1. The number of rotatable bonds is 2. The zero-order valence-electron chi connectivity index (χ0n) is 30.6. The number of nitrogens with zero attached hydrogens (tertiary/aromatic N) is 2. The summed E-state index contributed by atoms with van der Waals surface area (Å²) in [5.41, 5.74) is 14.0. The Balaban J connectivity index is 1.22. The highest BCUT2D eigenvalue weighted by molar-refractivity contribution is 6.98. The van der Waals surface area contributed by atoms with Gasteiger partial charge in [-0.15, -0.1) is 0 Å². The highest BCUT2D eigenvalue weighted by atomic mass is 16.5. The zero-order valence-corrected chi connectivity index (χ0v) is 30.6. The molecule has 0 radical (unpaired) electrons. The van der Waals surface area contributed by atoms with E-state index in [4.69, 9.17) is 13.9 Å². The molecule has 2 aliphatic heterocycles. The van der Waals surface area contributed by atoms with Gasteiger partial charge in [-0.25, -0.2) is 0 Å². The second-order valence-electron chi connectivity index (χ2n) is 15.4. The van der Waals surface area contributed by atoms with Crippen molar-refractivity contribution in [2.45, 2.75) is 13.8 Å². The van der Waals surface area contributed by atoms with Crippen molar-refractivity contribution in [2.75, 3.05) is 0 Å². The lowest BCUT2D eigenvalue weighted by Crippen LogP contribution is -2.57. The van der Waals surface area contributed by atoms with Gasteiger partial charge in [0.25, 0.3) is 6.71 Å². The van der Waals surface area contributed by atoms with E-state index >= 15 is 0 Å². The van der Waals surface area contributed by atoms with Crippen molar-refractivity contribution in [3.63, 3.8) is 0 Å². The molecule has 56 heavy (non-hydrogen) atoms. The van der Waals surface area contributed by atoms with E-state index in [1.165, 1.54) is 27.4 Å². The second-order valence-corrected chi connectivity index (χ2v) is 15.4. The first-order valence-corrected chi connectivity index (χ1v) is 19.2. The molecule has 13 rings (SSSR count). The minimum Gasteiger partial charge on any atom is -0.458 e. The summed E-state index contributed by atoms with van der Waals surface area (Å²) >= 11 is 0. The van der Waals surface area contributed by atoms with E-state index in [0.717, 1.165) is 100.0 Å². The Morgan fingerprint density at radius 3 is 1.61 bits per heavy atom. The maximum Gasteiger partial charge on any atom is 0.260 e. The molecule has 5 heterocycles. The first kappa shape index (κ1) is 30.2. The van der Waals surface area contributed by atoms with Crippen LogP contribution in [0.5, 0.6) is 23.0 Å². The third-order valence-corrected chi connectivity index (χ3v) is 12.1. The summed E-state index contributed by atoms with van der Waals surface area (Å²) in [5.74, 6) is 3.38. The molecule has 0 saturated carbocycles. The fourth-order valence-electron chi connectivity index (χ4n) is 9.85. The molecule has 3 aromatic heterocycles. The molecule has 8 aromatic carbocycles. The van der Waals surface area contributed by atoms with E-state index in [-0.39, 0.29) is 6.71 Å². The van der Waals surface area contributed by atoms with E-state index in [1.54, 1.807) is 0 Å². The van der Waals surface area contributed by atoms with Gasteiger partial charge in [0.1, 0.15) is 34.2 Å². The van der Waals surface area contributed by atoms with Gasteiger partial charge in [0.2, 0.25) is 0 Å². The molecule has 0 saturated heterocycles. The van der Waals surface area contributed by atoms with E-state index in [9.17, 15) is 0 Å². The highest BCUT2D eigenvalue weighted by Gasteiger charge is 2.41. The predicted molar refractivity (Wildman–Crippen MR) is 230 cm³/mol. The first-order valence-electron chi connectivity index (χ1n) is 19.2. The Labute approximate surface area is 321 Å². The monoisotopic (exact) mass is 718 g/mol. The van der Waals surface area contributed by atoms with Gasteiger partial charge in [-0.3, -0.25) is 0 Å². The molecule has 2 aliphatic rings. The summed E-state index contributed by atoms with van der Waals surface area (Å²) < 4.78 is 25.6. The molecule has 11 aromatic rings. The van der Waals surface area contributed by atoms with Gasteiger partial charge < -0.3 is 23.0 Å². The fraction of sp³-hybridized carbons (Fsp3) is 0.0400. The largest absolute Gasteiger partial charge is 0.458 e. The molecule has 0 aliphatic carbocycles. The van der Waals surface area contributed by atoms with Crippen molar-refractivity contribution in [1.82, 2.24) is 9.13 Å². The molecule has 0 spiro atoms. The molecule has 0 bridgehead atoms. The molecule has 0 N–H and O–H groups in total. The van der Waals surface area contributed by atoms with Gasteiger partial charge in [0.05, 0.1) is 38.5 Å². The van der Waals surface area contributed by atoms with Crippen LogP contribution in [0.4, 0.5) is 0 Å². The molecule has 0 unspecified atom stereocenters. The molecule has 0 amide bonds. The van der Waals surface area contributed by atoms with Gasteiger partial charge in [0.15, 0.2) is 0 Å². The van der Waals surface area contributed by atoms with Crippen molar-refractivity contribution >= 4 is 88.7 Å². The lowest BCUT2D eigenvalue weighted by Gasteiger charge is -2.33. The van der Waals surface area contributed by atoms with Gasteiger partial charge in [0, 0.05) is 44.8 Å².